The van der Waals surface area contributed by atoms with E-state index in [1.165, 1.54) is 35.4 Å². The average Bonchev–Trinajstić information content (AvgIpc) is 3.23. The van der Waals surface area contributed by atoms with Gasteiger partial charge in [0, 0.05) is 18.5 Å². The van der Waals surface area contributed by atoms with Gasteiger partial charge in [-0.1, -0.05) is 0 Å². The Kier molecular flexibility index (Phi) is 3.66. The second-order valence-electron chi connectivity index (χ2n) is 5.64. The molecule has 0 aliphatic rings. The number of imidazole rings is 1. The quantitative estimate of drug-likeness (QED) is 0.251. The van der Waals surface area contributed by atoms with Gasteiger partial charge in [0.15, 0.2) is 0 Å². The summed E-state index contributed by atoms with van der Waals surface area (Å²) in [5.74, 6) is -0.181. The number of nitro groups is 1. The number of nitro benzene ring substituents is 1. The summed E-state index contributed by atoms with van der Waals surface area (Å²) in [4.78, 5) is 48.1. The van der Waals surface area contributed by atoms with Crippen LogP contribution >= 0.6 is 7.60 Å². The first-order valence-electron chi connectivity index (χ1n) is 7.36. The van der Waals surface area contributed by atoms with E-state index in [2.05, 4.69) is 20.2 Å². The lowest BCUT2D eigenvalue weighted by Gasteiger charge is -2.09. The van der Waals surface area contributed by atoms with E-state index >= 15 is 0 Å². The molecule has 0 saturated heterocycles. The maximum Gasteiger partial charge on any atom is 0.333 e. The molecule has 3 aromatic heterocycles. The van der Waals surface area contributed by atoms with Gasteiger partial charge < -0.3 is 19.3 Å². The highest BCUT2D eigenvalue weighted by Gasteiger charge is 2.24. The van der Waals surface area contributed by atoms with Crippen LogP contribution in [0, 0.1) is 10.1 Å². The third kappa shape index (κ3) is 2.89. The first-order chi connectivity index (χ1) is 12.7. The molecule has 0 unspecified atom stereocenters. The van der Waals surface area contributed by atoms with Crippen LogP contribution in [0.2, 0.25) is 0 Å². The summed E-state index contributed by atoms with van der Waals surface area (Å²) in [5.41, 5.74) is -0.690. The summed E-state index contributed by atoms with van der Waals surface area (Å²) >= 11 is 0. The molecule has 0 bridgehead atoms. The van der Waals surface area contributed by atoms with E-state index in [1.807, 2.05) is 0 Å². The number of fused-ring (bicyclic) bond motifs is 3. The van der Waals surface area contributed by atoms with E-state index in [9.17, 15) is 29.3 Å². The molecule has 0 spiro atoms. The molecular formula is C13H10N7O6P. The molecule has 3 heterocycles. The van der Waals surface area contributed by atoms with E-state index in [4.69, 9.17) is 0 Å². The van der Waals surface area contributed by atoms with Crippen LogP contribution in [-0.4, -0.2) is 43.8 Å². The molecule has 13 nitrogen and oxygen atoms in total. The van der Waals surface area contributed by atoms with Crippen LogP contribution in [0.4, 0.5) is 5.69 Å². The molecule has 4 rings (SSSR count). The average molecular weight is 391 g/mol. The first kappa shape index (κ1) is 17.0. The van der Waals surface area contributed by atoms with Gasteiger partial charge in [-0.15, -0.1) is 10.2 Å². The molecule has 0 amide bonds. The summed E-state index contributed by atoms with van der Waals surface area (Å²) in [7, 11) is -4.51. The number of nitrogens with zero attached hydrogens (tertiary/aromatic N) is 6. The Hall–Kier alpha value is -3.41. The summed E-state index contributed by atoms with van der Waals surface area (Å²) in [6.07, 6.45) is 3.53. The van der Waals surface area contributed by atoms with Gasteiger partial charge in [0.1, 0.15) is 17.7 Å². The van der Waals surface area contributed by atoms with Crippen molar-refractivity contribution in [1.82, 2.24) is 29.1 Å². The number of H-pyrrole nitrogens is 1. The zero-order valence-electron chi connectivity index (χ0n) is 13.3. The highest BCUT2D eigenvalue weighted by atomic mass is 31.2. The zero-order valence-corrected chi connectivity index (χ0v) is 14.1. The molecule has 0 fully saturated rings. The lowest BCUT2D eigenvalue weighted by Crippen LogP contribution is -2.13. The zero-order chi connectivity index (χ0) is 19.3. The van der Waals surface area contributed by atoms with Crippen molar-refractivity contribution in [3.05, 3.63) is 57.1 Å². The van der Waals surface area contributed by atoms with Gasteiger partial charge in [0.05, 0.1) is 22.3 Å². The standard InChI is InChI=1S/C13H10N7O6P/c21-13-12-17-16-11(5-27(24,25)26)19(12)8-4-10(20(22)23)9(3-7(8)15-13)18-2-1-14-6-18/h1-4,6H,5H2,(H,15,21)(H2,24,25,26). The highest BCUT2D eigenvalue weighted by Crippen LogP contribution is 2.39. The van der Waals surface area contributed by atoms with E-state index < -0.39 is 24.2 Å². The molecule has 3 N–H and O–H groups in total. The minimum absolute atomic E-state index is 0.133. The molecule has 14 heteroatoms. The summed E-state index contributed by atoms with van der Waals surface area (Å²) in [6.45, 7) is 0. The van der Waals surface area contributed by atoms with Gasteiger partial charge in [-0.05, 0) is 6.07 Å². The van der Waals surface area contributed by atoms with Crippen molar-refractivity contribution in [3.8, 4) is 5.69 Å². The van der Waals surface area contributed by atoms with Crippen molar-refractivity contribution in [1.29, 1.82) is 0 Å². The van der Waals surface area contributed by atoms with Crippen molar-refractivity contribution in [2.45, 2.75) is 6.16 Å². The van der Waals surface area contributed by atoms with Crippen molar-refractivity contribution in [2.75, 3.05) is 0 Å². The molecule has 27 heavy (non-hydrogen) atoms. The van der Waals surface area contributed by atoms with Crippen molar-refractivity contribution < 1.29 is 19.3 Å². The molecular weight excluding hydrogens is 381 g/mol. The molecule has 1 aromatic carbocycles. The summed E-state index contributed by atoms with van der Waals surface area (Å²) < 4.78 is 13.9. The van der Waals surface area contributed by atoms with Crippen LogP contribution < -0.4 is 5.56 Å². The van der Waals surface area contributed by atoms with E-state index in [0.29, 0.717) is 0 Å². The van der Waals surface area contributed by atoms with E-state index in [0.717, 1.165) is 4.40 Å². The Morgan fingerprint density at radius 3 is 2.70 bits per heavy atom. The predicted octanol–water partition coefficient (Wildman–Crippen LogP) is 0.342. The Morgan fingerprint density at radius 2 is 2.07 bits per heavy atom. The third-order valence-electron chi connectivity index (χ3n) is 3.84. The fraction of sp³-hybridized carbons (Fsp3) is 0.0769. The molecule has 0 saturated carbocycles. The fourth-order valence-corrected chi connectivity index (χ4v) is 3.36. The van der Waals surface area contributed by atoms with Gasteiger partial charge in [0.25, 0.3) is 11.2 Å². The molecule has 0 aliphatic heterocycles. The van der Waals surface area contributed by atoms with Gasteiger partial charge >= 0.3 is 7.60 Å². The van der Waals surface area contributed by atoms with Crippen LogP contribution in [0.15, 0.2) is 35.6 Å². The predicted molar refractivity (Wildman–Crippen MR) is 90.6 cm³/mol. The number of nitrogens with one attached hydrogen (secondary N) is 1. The van der Waals surface area contributed by atoms with Crippen molar-refractivity contribution in [3.63, 3.8) is 0 Å². The maximum atomic E-state index is 12.3. The van der Waals surface area contributed by atoms with Crippen LogP contribution in [0.1, 0.15) is 5.82 Å². The number of hydrogen-bond acceptors (Lipinski definition) is 7. The minimum Gasteiger partial charge on any atom is -0.324 e. The molecule has 138 valence electrons. The Labute approximate surface area is 148 Å². The Balaban J connectivity index is 2.11. The highest BCUT2D eigenvalue weighted by molar-refractivity contribution is 7.50. The number of benzene rings is 1. The van der Waals surface area contributed by atoms with E-state index in [1.54, 1.807) is 0 Å². The van der Waals surface area contributed by atoms with Crippen LogP contribution in [0.5, 0.6) is 0 Å². The van der Waals surface area contributed by atoms with Crippen molar-refractivity contribution in [2.24, 2.45) is 0 Å². The summed E-state index contributed by atoms with van der Waals surface area (Å²) in [6, 6.07) is 2.55. The van der Waals surface area contributed by atoms with Gasteiger partial charge in [0.2, 0.25) is 5.65 Å². The SMILES string of the molecule is O=c1[nH]c2cc(-n3ccnc3)c([N+](=O)[O-])cc2n2c(CP(=O)(O)O)nnc12. The Morgan fingerprint density at radius 1 is 1.30 bits per heavy atom. The molecule has 0 aliphatic carbocycles. The number of aromatic amines is 1. The Bertz CT molecular complexity index is 1300. The van der Waals surface area contributed by atoms with Crippen LogP contribution in [0.25, 0.3) is 22.4 Å². The van der Waals surface area contributed by atoms with Crippen LogP contribution in [0.3, 0.4) is 0 Å². The second-order valence-corrected chi connectivity index (χ2v) is 7.28. The minimum atomic E-state index is -4.51. The number of rotatable bonds is 4. The summed E-state index contributed by atoms with van der Waals surface area (Å²) in [5, 5.41) is 18.8. The second kappa shape index (κ2) is 5.81. The normalized spacial score (nSPS) is 12.1. The smallest absolute Gasteiger partial charge is 0.324 e. The van der Waals surface area contributed by atoms with E-state index in [-0.39, 0.29) is 33.9 Å². The first-order valence-corrected chi connectivity index (χ1v) is 9.16. The van der Waals surface area contributed by atoms with Crippen molar-refractivity contribution >= 4 is 30.0 Å². The van der Waals surface area contributed by atoms with Gasteiger partial charge in [-0.25, -0.2) is 4.98 Å². The lowest BCUT2D eigenvalue weighted by molar-refractivity contribution is -0.384. The van der Waals surface area contributed by atoms with Gasteiger partial charge in [-0.2, -0.15) is 0 Å². The van der Waals surface area contributed by atoms with Gasteiger partial charge in [-0.3, -0.25) is 23.9 Å². The monoisotopic (exact) mass is 391 g/mol. The number of aromatic nitrogens is 6. The van der Waals surface area contributed by atoms with Crippen LogP contribution in [-0.2, 0) is 10.7 Å². The lowest BCUT2D eigenvalue weighted by atomic mass is 10.2. The number of hydrogen-bond donors (Lipinski definition) is 3. The largest absolute Gasteiger partial charge is 0.333 e. The fourth-order valence-electron chi connectivity index (χ4n) is 2.79. The maximum absolute atomic E-state index is 12.3. The third-order valence-corrected chi connectivity index (χ3v) is 4.54. The topological polar surface area (TPSA) is 182 Å². The molecule has 0 radical (unpaired) electrons. The molecule has 0 atom stereocenters. The molecule has 4 aromatic rings.